The summed E-state index contributed by atoms with van der Waals surface area (Å²) in [6, 6.07) is 0. The number of hydrogen-bond donors (Lipinski definition) is 2. The fraction of sp³-hybridized carbons (Fsp3) is 0.889. The fourth-order valence-corrected chi connectivity index (χ4v) is 0.958. The quantitative estimate of drug-likeness (QED) is 0.611. The van der Waals surface area contributed by atoms with Crippen LogP contribution in [-0.4, -0.2) is 24.3 Å². The molecule has 1 radical (unpaired) electrons. The third-order valence-corrected chi connectivity index (χ3v) is 1.81. The minimum absolute atomic E-state index is 0.232. The summed E-state index contributed by atoms with van der Waals surface area (Å²) in [6.07, 6.45) is 2.05. The Kier molecular flexibility index (Phi) is 6.57. The van der Waals surface area contributed by atoms with Gasteiger partial charge in [0.15, 0.2) is 0 Å². The molecule has 0 bridgehead atoms. The van der Waals surface area contributed by atoms with E-state index in [0.29, 0.717) is 6.54 Å². The van der Waals surface area contributed by atoms with Crippen LogP contribution in [0.25, 0.3) is 0 Å². The van der Waals surface area contributed by atoms with Gasteiger partial charge in [-0.3, -0.25) is 0 Å². The van der Waals surface area contributed by atoms with Crippen molar-refractivity contribution in [2.45, 2.75) is 39.7 Å². The number of aliphatic hydroxyl groups is 1. The van der Waals surface area contributed by atoms with Crippen LogP contribution in [0.3, 0.4) is 0 Å². The Morgan fingerprint density at radius 1 is 1.36 bits per heavy atom. The first kappa shape index (κ1) is 10.9. The van der Waals surface area contributed by atoms with Gasteiger partial charge in [0.1, 0.15) is 0 Å². The first-order valence-corrected chi connectivity index (χ1v) is 4.43. The van der Waals surface area contributed by atoms with E-state index in [1.54, 1.807) is 6.92 Å². The molecule has 0 aliphatic carbocycles. The molecule has 0 aromatic carbocycles. The topological polar surface area (TPSA) is 32.3 Å². The Hall–Kier alpha value is -0.0800. The smallest absolute Gasteiger partial charge is 0.0636 e. The third kappa shape index (κ3) is 6.32. The van der Waals surface area contributed by atoms with Crippen LogP contribution in [0.1, 0.15) is 33.6 Å². The van der Waals surface area contributed by atoms with Gasteiger partial charge in [-0.2, -0.15) is 0 Å². The van der Waals surface area contributed by atoms with Crippen molar-refractivity contribution in [1.82, 2.24) is 5.32 Å². The van der Waals surface area contributed by atoms with Gasteiger partial charge in [0.05, 0.1) is 6.10 Å². The predicted octanol–water partition coefficient (Wildman–Crippen LogP) is 1.35. The van der Waals surface area contributed by atoms with Crippen LogP contribution in [-0.2, 0) is 0 Å². The van der Waals surface area contributed by atoms with Crippen molar-refractivity contribution >= 4 is 0 Å². The third-order valence-electron chi connectivity index (χ3n) is 1.81. The minimum Gasteiger partial charge on any atom is -0.392 e. The molecule has 0 fully saturated rings. The molecule has 0 saturated carbocycles. The standard InChI is InChI=1S/C9H20NO/c1-4-9(5-2)7-10-6-8(3)11/h8,10-11H,4-7H2,1-3H3. The summed E-state index contributed by atoms with van der Waals surface area (Å²) in [5, 5.41) is 12.1. The maximum absolute atomic E-state index is 8.94. The molecule has 0 heterocycles. The highest BCUT2D eigenvalue weighted by Gasteiger charge is 2.03. The molecule has 67 valence electrons. The lowest BCUT2D eigenvalue weighted by atomic mass is 10.0. The lowest BCUT2D eigenvalue weighted by molar-refractivity contribution is 0.192. The average molecular weight is 158 g/mol. The summed E-state index contributed by atoms with van der Waals surface area (Å²) in [5.74, 6) is 1.52. The maximum Gasteiger partial charge on any atom is 0.0636 e. The van der Waals surface area contributed by atoms with Crippen LogP contribution in [0.4, 0.5) is 0 Å². The summed E-state index contributed by atoms with van der Waals surface area (Å²) < 4.78 is 0. The molecule has 0 aromatic rings. The second-order valence-electron chi connectivity index (χ2n) is 2.94. The highest BCUT2D eigenvalue weighted by molar-refractivity contribution is 4.88. The zero-order valence-corrected chi connectivity index (χ0v) is 7.85. The highest BCUT2D eigenvalue weighted by Crippen LogP contribution is 2.07. The first-order chi connectivity index (χ1) is 5.20. The summed E-state index contributed by atoms with van der Waals surface area (Å²) in [6.45, 7) is 7.79. The molecule has 0 aliphatic rings. The van der Waals surface area contributed by atoms with Gasteiger partial charge in [0, 0.05) is 13.1 Å². The van der Waals surface area contributed by atoms with E-state index >= 15 is 0 Å². The van der Waals surface area contributed by atoms with E-state index in [-0.39, 0.29) is 6.10 Å². The Morgan fingerprint density at radius 2 is 1.91 bits per heavy atom. The van der Waals surface area contributed by atoms with Gasteiger partial charge in [0.25, 0.3) is 0 Å². The first-order valence-electron chi connectivity index (χ1n) is 4.43. The Balaban J connectivity index is 3.21. The van der Waals surface area contributed by atoms with Crippen LogP contribution in [0.2, 0.25) is 0 Å². The van der Waals surface area contributed by atoms with Crippen LogP contribution in [0.5, 0.6) is 0 Å². The van der Waals surface area contributed by atoms with Gasteiger partial charge in [-0.05, 0) is 25.7 Å². The molecule has 11 heavy (non-hydrogen) atoms. The second-order valence-corrected chi connectivity index (χ2v) is 2.94. The molecular weight excluding hydrogens is 138 g/mol. The lowest BCUT2D eigenvalue weighted by Crippen LogP contribution is -2.28. The molecule has 1 unspecified atom stereocenters. The van der Waals surface area contributed by atoms with Crippen LogP contribution in [0.15, 0.2) is 0 Å². The minimum atomic E-state index is -0.232. The van der Waals surface area contributed by atoms with Gasteiger partial charge in [-0.25, -0.2) is 0 Å². The van der Waals surface area contributed by atoms with Crippen LogP contribution < -0.4 is 5.32 Å². The van der Waals surface area contributed by atoms with Crippen LogP contribution >= 0.6 is 0 Å². The van der Waals surface area contributed by atoms with Gasteiger partial charge in [-0.15, -0.1) is 0 Å². The SMILES string of the molecule is CC[C](CC)CNCC(C)O. The van der Waals surface area contributed by atoms with Gasteiger partial charge in [0.2, 0.25) is 0 Å². The summed E-state index contributed by atoms with van der Waals surface area (Å²) in [7, 11) is 0. The van der Waals surface area contributed by atoms with Crippen molar-refractivity contribution in [1.29, 1.82) is 0 Å². The van der Waals surface area contributed by atoms with E-state index in [9.17, 15) is 0 Å². The molecule has 0 aromatic heterocycles. The highest BCUT2D eigenvalue weighted by atomic mass is 16.3. The average Bonchev–Trinajstić information content (AvgIpc) is 1.98. The number of nitrogens with one attached hydrogen (secondary N) is 1. The lowest BCUT2D eigenvalue weighted by Gasteiger charge is -2.13. The van der Waals surface area contributed by atoms with E-state index in [0.717, 1.165) is 19.4 Å². The maximum atomic E-state index is 8.94. The molecule has 2 nitrogen and oxygen atoms in total. The molecule has 0 spiro atoms. The summed E-state index contributed by atoms with van der Waals surface area (Å²) in [5.41, 5.74) is 0. The van der Waals surface area contributed by atoms with E-state index < -0.39 is 0 Å². The Morgan fingerprint density at radius 3 is 2.27 bits per heavy atom. The number of aliphatic hydroxyl groups excluding tert-OH is 1. The number of hydrogen-bond acceptors (Lipinski definition) is 2. The van der Waals surface area contributed by atoms with Gasteiger partial charge in [-0.1, -0.05) is 13.8 Å². The van der Waals surface area contributed by atoms with E-state index in [1.807, 2.05) is 0 Å². The van der Waals surface area contributed by atoms with Gasteiger partial charge < -0.3 is 10.4 Å². The van der Waals surface area contributed by atoms with Crippen LogP contribution in [0, 0.1) is 5.92 Å². The molecule has 1 atom stereocenters. The summed E-state index contributed by atoms with van der Waals surface area (Å²) in [4.78, 5) is 0. The molecule has 0 amide bonds. The zero-order valence-electron chi connectivity index (χ0n) is 7.85. The Labute approximate surface area is 70.0 Å². The van der Waals surface area contributed by atoms with Crippen molar-refractivity contribution in [2.24, 2.45) is 0 Å². The summed E-state index contributed by atoms with van der Waals surface area (Å²) >= 11 is 0. The monoisotopic (exact) mass is 158 g/mol. The van der Waals surface area contributed by atoms with Crippen molar-refractivity contribution in [2.75, 3.05) is 13.1 Å². The molecule has 2 N–H and O–H groups in total. The molecule has 2 heteroatoms. The molecular formula is C9H20NO. The predicted molar refractivity (Wildman–Crippen MR) is 48.4 cm³/mol. The van der Waals surface area contributed by atoms with Crippen molar-refractivity contribution in [3.8, 4) is 0 Å². The van der Waals surface area contributed by atoms with Crippen molar-refractivity contribution in [3.05, 3.63) is 5.92 Å². The van der Waals surface area contributed by atoms with Gasteiger partial charge >= 0.3 is 0 Å². The van der Waals surface area contributed by atoms with E-state index in [2.05, 4.69) is 19.2 Å². The second kappa shape index (κ2) is 6.62. The molecule has 0 saturated heterocycles. The fourth-order valence-electron chi connectivity index (χ4n) is 0.958. The molecule has 0 rings (SSSR count). The molecule has 0 aliphatic heterocycles. The normalized spacial score (nSPS) is 13.9. The van der Waals surface area contributed by atoms with Crippen molar-refractivity contribution < 1.29 is 5.11 Å². The van der Waals surface area contributed by atoms with Crippen molar-refractivity contribution in [3.63, 3.8) is 0 Å². The van der Waals surface area contributed by atoms with E-state index in [4.69, 9.17) is 5.11 Å². The zero-order chi connectivity index (χ0) is 8.69. The van der Waals surface area contributed by atoms with E-state index in [1.165, 1.54) is 5.92 Å². The Bertz CT molecular complexity index is 79.6. The largest absolute Gasteiger partial charge is 0.392 e. The number of rotatable bonds is 6.